The van der Waals surface area contributed by atoms with E-state index in [0.29, 0.717) is 11.7 Å². The summed E-state index contributed by atoms with van der Waals surface area (Å²) in [5.41, 5.74) is 1.44. The number of hydrogen-bond acceptors (Lipinski definition) is 3. The predicted octanol–water partition coefficient (Wildman–Crippen LogP) is 2.34. The van der Waals surface area contributed by atoms with Gasteiger partial charge in [0, 0.05) is 6.08 Å². The zero-order chi connectivity index (χ0) is 8.39. The van der Waals surface area contributed by atoms with Crippen molar-refractivity contribution in [2.24, 2.45) is 0 Å². The molecule has 0 spiro atoms. The lowest BCUT2D eigenvalue weighted by Crippen LogP contribution is -1.76. The minimum Gasteiger partial charge on any atom is -0.335 e. The minimum absolute atomic E-state index is 0.657. The fourth-order valence-electron chi connectivity index (χ4n) is 1.52. The highest BCUT2D eigenvalue weighted by Gasteiger charge is 2.08. The Morgan fingerprint density at radius 1 is 1.33 bits per heavy atom. The summed E-state index contributed by atoms with van der Waals surface area (Å²) >= 11 is 0. The Morgan fingerprint density at radius 2 is 2.08 bits per heavy atom. The lowest BCUT2D eigenvalue weighted by atomic mass is 10.2. The number of allylic oxidation sites excluding steroid dienone is 1. The summed E-state index contributed by atoms with van der Waals surface area (Å²) in [4.78, 5) is 4.12. The van der Waals surface area contributed by atoms with E-state index in [-0.39, 0.29) is 0 Å². The SMILES string of the molecule is Cc1noc(C=C2CCCC2)n1. The van der Waals surface area contributed by atoms with Crippen molar-refractivity contribution in [1.29, 1.82) is 0 Å². The van der Waals surface area contributed by atoms with Gasteiger partial charge in [-0.2, -0.15) is 4.98 Å². The van der Waals surface area contributed by atoms with Crippen LogP contribution in [-0.4, -0.2) is 10.1 Å². The number of rotatable bonds is 1. The monoisotopic (exact) mass is 164 g/mol. The van der Waals surface area contributed by atoms with Gasteiger partial charge in [0.25, 0.3) is 5.89 Å². The van der Waals surface area contributed by atoms with Gasteiger partial charge in [-0.25, -0.2) is 0 Å². The van der Waals surface area contributed by atoms with Crippen LogP contribution in [0.3, 0.4) is 0 Å². The molecule has 64 valence electrons. The van der Waals surface area contributed by atoms with Gasteiger partial charge in [0.1, 0.15) is 0 Å². The number of nitrogens with zero attached hydrogens (tertiary/aromatic N) is 2. The van der Waals surface area contributed by atoms with Gasteiger partial charge in [-0.1, -0.05) is 10.7 Å². The fourth-order valence-corrected chi connectivity index (χ4v) is 1.52. The topological polar surface area (TPSA) is 38.9 Å². The van der Waals surface area contributed by atoms with Crippen molar-refractivity contribution in [1.82, 2.24) is 10.1 Å². The molecule has 1 heterocycles. The largest absolute Gasteiger partial charge is 0.335 e. The molecular formula is C9H12N2O. The third-order valence-electron chi connectivity index (χ3n) is 2.12. The van der Waals surface area contributed by atoms with Crippen LogP contribution in [-0.2, 0) is 0 Å². The third kappa shape index (κ3) is 1.55. The van der Waals surface area contributed by atoms with E-state index in [1.165, 1.54) is 31.3 Å². The van der Waals surface area contributed by atoms with Crippen molar-refractivity contribution in [3.05, 3.63) is 17.3 Å². The average Bonchev–Trinajstić information content (AvgIpc) is 2.63. The highest BCUT2D eigenvalue weighted by Crippen LogP contribution is 2.25. The fraction of sp³-hybridized carbons (Fsp3) is 0.556. The second-order valence-corrected chi connectivity index (χ2v) is 3.19. The molecule has 3 nitrogen and oxygen atoms in total. The molecule has 0 saturated heterocycles. The van der Waals surface area contributed by atoms with Crippen LogP contribution in [0.1, 0.15) is 37.4 Å². The normalized spacial score (nSPS) is 16.9. The van der Waals surface area contributed by atoms with Crippen LogP contribution in [0.25, 0.3) is 6.08 Å². The molecule has 1 saturated carbocycles. The molecule has 0 radical (unpaired) electrons. The van der Waals surface area contributed by atoms with E-state index in [2.05, 4.69) is 10.1 Å². The Morgan fingerprint density at radius 3 is 2.67 bits per heavy atom. The molecule has 1 aromatic rings. The van der Waals surface area contributed by atoms with Gasteiger partial charge in [-0.3, -0.25) is 0 Å². The molecule has 0 bridgehead atoms. The van der Waals surface area contributed by atoms with Crippen molar-refractivity contribution < 1.29 is 4.52 Å². The Hall–Kier alpha value is -1.12. The lowest BCUT2D eigenvalue weighted by Gasteiger charge is -1.89. The van der Waals surface area contributed by atoms with Crippen LogP contribution in [0.15, 0.2) is 10.1 Å². The molecule has 1 aromatic heterocycles. The van der Waals surface area contributed by atoms with E-state index < -0.39 is 0 Å². The highest BCUT2D eigenvalue weighted by atomic mass is 16.5. The summed E-state index contributed by atoms with van der Waals surface area (Å²) in [5, 5.41) is 3.73. The molecule has 0 atom stereocenters. The van der Waals surface area contributed by atoms with Gasteiger partial charge in [0.05, 0.1) is 0 Å². The Balaban J connectivity index is 2.15. The van der Waals surface area contributed by atoms with Crippen LogP contribution in [0.5, 0.6) is 0 Å². The maximum Gasteiger partial charge on any atom is 0.250 e. The number of aryl methyl sites for hydroxylation is 1. The Kier molecular flexibility index (Phi) is 1.94. The molecule has 0 unspecified atom stereocenters. The van der Waals surface area contributed by atoms with Gasteiger partial charge in [-0.05, 0) is 32.6 Å². The molecule has 1 fully saturated rings. The van der Waals surface area contributed by atoms with Crippen LogP contribution < -0.4 is 0 Å². The molecule has 0 aliphatic heterocycles. The quantitative estimate of drug-likeness (QED) is 0.639. The second-order valence-electron chi connectivity index (χ2n) is 3.19. The Labute approximate surface area is 71.5 Å². The van der Waals surface area contributed by atoms with E-state index in [1.807, 2.05) is 13.0 Å². The van der Waals surface area contributed by atoms with Gasteiger partial charge >= 0.3 is 0 Å². The van der Waals surface area contributed by atoms with E-state index in [1.54, 1.807) is 0 Å². The van der Waals surface area contributed by atoms with E-state index in [4.69, 9.17) is 4.52 Å². The van der Waals surface area contributed by atoms with Crippen LogP contribution in [0.4, 0.5) is 0 Å². The third-order valence-corrected chi connectivity index (χ3v) is 2.12. The molecule has 0 N–H and O–H groups in total. The van der Waals surface area contributed by atoms with Gasteiger partial charge in [0.2, 0.25) is 0 Å². The van der Waals surface area contributed by atoms with Crippen molar-refractivity contribution >= 4 is 6.08 Å². The molecule has 0 amide bonds. The first-order chi connectivity index (χ1) is 5.84. The van der Waals surface area contributed by atoms with Gasteiger partial charge in [-0.15, -0.1) is 0 Å². The molecule has 1 aliphatic rings. The first kappa shape index (κ1) is 7.53. The van der Waals surface area contributed by atoms with Crippen molar-refractivity contribution in [2.75, 3.05) is 0 Å². The lowest BCUT2D eigenvalue weighted by molar-refractivity contribution is 0.405. The maximum atomic E-state index is 4.99. The predicted molar refractivity (Wildman–Crippen MR) is 45.5 cm³/mol. The van der Waals surface area contributed by atoms with Gasteiger partial charge < -0.3 is 4.52 Å². The molecular weight excluding hydrogens is 152 g/mol. The van der Waals surface area contributed by atoms with E-state index >= 15 is 0 Å². The number of aromatic nitrogens is 2. The minimum atomic E-state index is 0.657. The number of hydrogen-bond donors (Lipinski definition) is 0. The molecule has 2 rings (SSSR count). The van der Waals surface area contributed by atoms with Crippen LogP contribution >= 0.6 is 0 Å². The zero-order valence-corrected chi connectivity index (χ0v) is 7.21. The molecule has 12 heavy (non-hydrogen) atoms. The van der Waals surface area contributed by atoms with Crippen LogP contribution in [0.2, 0.25) is 0 Å². The van der Waals surface area contributed by atoms with Gasteiger partial charge in [0.15, 0.2) is 5.82 Å². The summed E-state index contributed by atoms with van der Waals surface area (Å²) in [7, 11) is 0. The molecule has 1 aliphatic carbocycles. The van der Waals surface area contributed by atoms with E-state index in [0.717, 1.165) is 0 Å². The Bertz CT molecular complexity index is 293. The maximum absolute atomic E-state index is 4.99. The van der Waals surface area contributed by atoms with Crippen LogP contribution in [0, 0.1) is 6.92 Å². The summed E-state index contributed by atoms with van der Waals surface area (Å²) in [6.07, 6.45) is 7.02. The van der Waals surface area contributed by atoms with Crippen molar-refractivity contribution in [2.45, 2.75) is 32.6 Å². The standard InChI is InChI=1S/C9H12N2O/c1-7-10-9(12-11-7)6-8-4-2-3-5-8/h6H,2-5H2,1H3. The highest BCUT2D eigenvalue weighted by molar-refractivity contribution is 5.43. The zero-order valence-electron chi connectivity index (χ0n) is 7.21. The summed E-state index contributed by atoms with van der Waals surface area (Å²) in [6, 6.07) is 0. The average molecular weight is 164 g/mol. The summed E-state index contributed by atoms with van der Waals surface area (Å²) in [5.74, 6) is 1.37. The van der Waals surface area contributed by atoms with Crippen molar-refractivity contribution in [3.63, 3.8) is 0 Å². The van der Waals surface area contributed by atoms with E-state index in [9.17, 15) is 0 Å². The second kappa shape index (κ2) is 3.09. The molecule has 0 aromatic carbocycles. The summed E-state index contributed by atoms with van der Waals surface area (Å²) < 4.78 is 4.99. The van der Waals surface area contributed by atoms with Crippen molar-refractivity contribution in [3.8, 4) is 0 Å². The smallest absolute Gasteiger partial charge is 0.250 e. The first-order valence-electron chi connectivity index (χ1n) is 4.34. The molecule has 3 heteroatoms. The summed E-state index contributed by atoms with van der Waals surface area (Å²) in [6.45, 7) is 1.83. The first-order valence-corrected chi connectivity index (χ1v) is 4.34.